The Morgan fingerprint density at radius 2 is 2.20 bits per heavy atom. The highest BCUT2D eigenvalue weighted by Gasteiger charge is 2.37. The molecule has 0 radical (unpaired) electrons. The molecule has 5 heteroatoms. The molecule has 1 aliphatic heterocycles. The van der Waals surface area contributed by atoms with E-state index in [4.69, 9.17) is 9.84 Å². The smallest absolute Gasteiger partial charge is 0.317 e. The number of ether oxygens (including phenoxy) is 1. The van der Waals surface area contributed by atoms with Gasteiger partial charge in [0.05, 0.1) is 7.11 Å². The monoisotopic (exact) mass is 346 g/mol. The van der Waals surface area contributed by atoms with E-state index in [-0.39, 0.29) is 18.1 Å². The quantitative estimate of drug-likeness (QED) is 0.832. The van der Waals surface area contributed by atoms with Crippen LogP contribution in [-0.2, 0) is 5.41 Å². The lowest BCUT2D eigenvalue weighted by molar-refractivity contribution is 0.201. The van der Waals surface area contributed by atoms with E-state index in [0.29, 0.717) is 12.5 Å². The number of hydrogen-bond acceptors (Lipinski definition) is 3. The van der Waals surface area contributed by atoms with E-state index in [1.807, 2.05) is 17.0 Å². The molecule has 1 heterocycles. The lowest BCUT2D eigenvalue weighted by Gasteiger charge is -2.31. The largest absolute Gasteiger partial charge is 0.497 e. The van der Waals surface area contributed by atoms with Crippen LogP contribution in [0.5, 0.6) is 5.75 Å². The Labute approximate surface area is 150 Å². The van der Waals surface area contributed by atoms with Gasteiger partial charge in [-0.05, 0) is 49.3 Å². The number of amides is 2. The van der Waals surface area contributed by atoms with Gasteiger partial charge in [-0.2, -0.15) is 0 Å². The van der Waals surface area contributed by atoms with Gasteiger partial charge in [-0.1, -0.05) is 25.0 Å². The number of rotatable bonds is 6. The molecule has 1 saturated heterocycles. The molecule has 0 spiro atoms. The molecular formula is C20H30N2O3. The average molecular weight is 346 g/mol. The third kappa shape index (κ3) is 4.09. The molecule has 1 aliphatic carbocycles. The van der Waals surface area contributed by atoms with Gasteiger partial charge >= 0.3 is 6.03 Å². The van der Waals surface area contributed by atoms with Crippen molar-refractivity contribution in [2.75, 3.05) is 33.4 Å². The molecule has 1 atom stereocenters. The highest BCUT2D eigenvalue weighted by atomic mass is 16.5. The Hall–Kier alpha value is -1.75. The molecule has 3 rings (SSSR count). The SMILES string of the molecule is COc1cccc(C2(CNC(=O)N3CC[C@@H](CCO)C3)CCCC2)c1. The summed E-state index contributed by atoms with van der Waals surface area (Å²) in [7, 11) is 1.69. The van der Waals surface area contributed by atoms with Crippen molar-refractivity contribution in [1.29, 1.82) is 0 Å². The molecule has 0 bridgehead atoms. The molecule has 5 nitrogen and oxygen atoms in total. The predicted octanol–water partition coefficient (Wildman–Crippen LogP) is 2.92. The minimum atomic E-state index is 0.0222. The topological polar surface area (TPSA) is 61.8 Å². The summed E-state index contributed by atoms with van der Waals surface area (Å²) in [6, 6.07) is 8.32. The molecule has 138 valence electrons. The van der Waals surface area contributed by atoms with Crippen molar-refractivity contribution in [2.24, 2.45) is 5.92 Å². The van der Waals surface area contributed by atoms with Crippen molar-refractivity contribution in [1.82, 2.24) is 10.2 Å². The van der Waals surface area contributed by atoms with Gasteiger partial charge in [-0.15, -0.1) is 0 Å². The fourth-order valence-corrected chi connectivity index (χ4v) is 4.36. The van der Waals surface area contributed by atoms with Gasteiger partial charge in [-0.3, -0.25) is 0 Å². The van der Waals surface area contributed by atoms with Gasteiger partial charge in [0.25, 0.3) is 0 Å². The van der Waals surface area contributed by atoms with E-state index < -0.39 is 0 Å². The second-order valence-electron chi connectivity index (χ2n) is 7.49. The molecular weight excluding hydrogens is 316 g/mol. The van der Waals surface area contributed by atoms with E-state index >= 15 is 0 Å². The maximum Gasteiger partial charge on any atom is 0.317 e. The third-order valence-corrected chi connectivity index (χ3v) is 5.93. The van der Waals surface area contributed by atoms with Crippen LogP contribution in [0.2, 0.25) is 0 Å². The highest BCUT2D eigenvalue weighted by molar-refractivity contribution is 5.74. The zero-order valence-electron chi connectivity index (χ0n) is 15.2. The highest BCUT2D eigenvalue weighted by Crippen LogP contribution is 2.41. The maximum absolute atomic E-state index is 12.6. The molecule has 2 N–H and O–H groups in total. The first-order valence-corrected chi connectivity index (χ1v) is 9.45. The van der Waals surface area contributed by atoms with Crippen molar-refractivity contribution in [2.45, 2.75) is 43.9 Å². The first-order valence-electron chi connectivity index (χ1n) is 9.45. The molecule has 0 aromatic heterocycles. The number of likely N-dealkylation sites (tertiary alicyclic amines) is 1. The van der Waals surface area contributed by atoms with Crippen LogP contribution in [0.15, 0.2) is 24.3 Å². The number of methoxy groups -OCH3 is 1. The van der Waals surface area contributed by atoms with Crippen molar-refractivity contribution in [3.63, 3.8) is 0 Å². The Morgan fingerprint density at radius 3 is 2.92 bits per heavy atom. The number of carbonyl (C=O) groups excluding carboxylic acids is 1. The molecule has 1 aromatic rings. The van der Waals surface area contributed by atoms with Crippen LogP contribution in [0.1, 0.15) is 44.1 Å². The van der Waals surface area contributed by atoms with Crippen LogP contribution in [0.4, 0.5) is 4.79 Å². The van der Waals surface area contributed by atoms with E-state index in [2.05, 4.69) is 17.4 Å². The van der Waals surface area contributed by atoms with E-state index in [1.165, 1.54) is 18.4 Å². The van der Waals surface area contributed by atoms with Crippen LogP contribution in [0.3, 0.4) is 0 Å². The second-order valence-corrected chi connectivity index (χ2v) is 7.49. The summed E-state index contributed by atoms with van der Waals surface area (Å²) in [6.45, 7) is 2.44. The number of nitrogens with one attached hydrogen (secondary N) is 1. The van der Waals surface area contributed by atoms with E-state index in [9.17, 15) is 4.79 Å². The van der Waals surface area contributed by atoms with E-state index in [1.54, 1.807) is 7.11 Å². The predicted molar refractivity (Wildman–Crippen MR) is 97.9 cm³/mol. The summed E-state index contributed by atoms with van der Waals surface area (Å²) in [4.78, 5) is 14.5. The van der Waals surface area contributed by atoms with Crippen molar-refractivity contribution in [3.8, 4) is 5.75 Å². The molecule has 1 aromatic carbocycles. The van der Waals surface area contributed by atoms with Crippen molar-refractivity contribution >= 4 is 6.03 Å². The summed E-state index contributed by atoms with van der Waals surface area (Å²) >= 11 is 0. The van der Waals surface area contributed by atoms with Gasteiger partial charge < -0.3 is 20.1 Å². The Morgan fingerprint density at radius 1 is 1.40 bits per heavy atom. The zero-order chi connectivity index (χ0) is 17.7. The van der Waals surface area contributed by atoms with Crippen LogP contribution >= 0.6 is 0 Å². The first-order chi connectivity index (χ1) is 12.2. The molecule has 2 aliphatic rings. The summed E-state index contributed by atoms with van der Waals surface area (Å²) in [5.41, 5.74) is 1.29. The number of aliphatic hydroxyl groups excluding tert-OH is 1. The van der Waals surface area contributed by atoms with Crippen LogP contribution in [-0.4, -0.2) is 49.4 Å². The summed E-state index contributed by atoms with van der Waals surface area (Å²) in [6.07, 6.45) is 6.40. The van der Waals surface area contributed by atoms with Gasteiger partial charge in [0.15, 0.2) is 0 Å². The van der Waals surface area contributed by atoms with Crippen LogP contribution in [0.25, 0.3) is 0 Å². The molecule has 2 amide bonds. The summed E-state index contributed by atoms with van der Waals surface area (Å²) in [5, 5.41) is 12.3. The normalized spacial score (nSPS) is 22.2. The van der Waals surface area contributed by atoms with Crippen molar-refractivity contribution in [3.05, 3.63) is 29.8 Å². The lowest BCUT2D eigenvalue weighted by Crippen LogP contribution is -2.45. The number of carbonyl (C=O) groups is 1. The number of urea groups is 1. The second kappa shape index (κ2) is 8.09. The van der Waals surface area contributed by atoms with Gasteiger partial charge in [0.1, 0.15) is 5.75 Å². The number of aliphatic hydroxyl groups is 1. The maximum atomic E-state index is 12.6. The first kappa shape index (κ1) is 18.1. The Bertz CT molecular complexity index is 584. The minimum Gasteiger partial charge on any atom is -0.497 e. The minimum absolute atomic E-state index is 0.0222. The average Bonchev–Trinajstić information content (AvgIpc) is 3.30. The Kier molecular flexibility index (Phi) is 5.84. The van der Waals surface area contributed by atoms with E-state index in [0.717, 1.165) is 44.5 Å². The summed E-state index contributed by atoms with van der Waals surface area (Å²) < 4.78 is 5.39. The Balaban J connectivity index is 1.63. The van der Waals surface area contributed by atoms with Gasteiger partial charge in [0.2, 0.25) is 0 Å². The number of benzene rings is 1. The molecule has 2 fully saturated rings. The number of hydrogen-bond donors (Lipinski definition) is 2. The number of nitrogens with zero attached hydrogens (tertiary/aromatic N) is 1. The zero-order valence-corrected chi connectivity index (χ0v) is 15.2. The van der Waals surface area contributed by atoms with Crippen LogP contribution in [0, 0.1) is 5.92 Å². The van der Waals surface area contributed by atoms with Crippen molar-refractivity contribution < 1.29 is 14.6 Å². The standard InChI is InChI=1S/C20H30N2O3/c1-25-18-6-4-5-17(13-18)20(9-2-3-10-20)15-21-19(24)22-11-7-16(14-22)8-12-23/h4-6,13,16,23H,2-3,7-12,14-15H2,1H3,(H,21,24)/t16-/m0/s1. The third-order valence-electron chi connectivity index (χ3n) is 5.93. The van der Waals surface area contributed by atoms with Crippen LogP contribution < -0.4 is 10.1 Å². The van der Waals surface area contributed by atoms with Gasteiger partial charge in [0, 0.05) is 31.7 Å². The fraction of sp³-hybridized carbons (Fsp3) is 0.650. The summed E-state index contributed by atoms with van der Waals surface area (Å²) in [5.74, 6) is 1.32. The molecule has 0 unspecified atom stereocenters. The molecule has 1 saturated carbocycles. The fourth-order valence-electron chi connectivity index (χ4n) is 4.36. The van der Waals surface area contributed by atoms with Gasteiger partial charge in [-0.25, -0.2) is 4.79 Å². The lowest BCUT2D eigenvalue weighted by atomic mass is 9.78. The molecule has 25 heavy (non-hydrogen) atoms.